The minimum Gasteiger partial charge on any atom is -0.491 e. The van der Waals surface area contributed by atoms with Crippen molar-refractivity contribution in [3.63, 3.8) is 0 Å². The van der Waals surface area contributed by atoms with Crippen LogP contribution in [-0.2, 0) is 14.1 Å². The first-order valence-corrected chi connectivity index (χ1v) is 8.00. The van der Waals surface area contributed by atoms with Crippen LogP contribution < -0.4 is 21.3 Å². The Labute approximate surface area is 146 Å². The summed E-state index contributed by atoms with van der Waals surface area (Å²) in [5.74, 6) is 0.910. The van der Waals surface area contributed by atoms with Gasteiger partial charge in [-0.25, -0.2) is 4.79 Å². The van der Waals surface area contributed by atoms with Crippen LogP contribution >= 0.6 is 0 Å². The van der Waals surface area contributed by atoms with Gasteiger partial charge in [0.25, 0.3) is 5.56 Å². The summed E-state index contributed by atoms with van der Waals surface area (Å²) in [6.07, 6.45) is 0.0106. The normalized spacial score (nSPS) is 11.9. The Hall–Kier alpha value is -3.01. The number of nitriles is 1. The highest BCUT2D eigenvalue weighted by Gasteiger charge is 2.19. The third-order valence-corrected chi connectivity index (χ3v) is 3.88. The maximum Gasteiger partial charge on any atom is 0.332 e. The number of benzene rings is 1. The molecule has 0 bridgehead atoms. The van der Waals surface area contributed by atoms with Crippen molar-refractivity contribution < 1.29 is 4.74 Å². The first-order valence-electron chi connectivity index (χ1n) is 8.00. The molecule has 7 nitrogen and oxygen atoms in total. The Kier molecular flexibility index (Phi) is 5.32. The molecule has 1 heterocycles. The number of anilines is 1. The summed E-state index contributed by atoms with van der Waals surface area (Å²) in [6, 6.07) is 9.14. The van der Waals surface area contributed by atoms with Gasteiger partial charge in [-0.2, -0.15) is 5.26 Å². The predicted molar refractivity (Wildman–Crippen MR) is 95.9 cm³/mol. The summed E-state index contributed by atoms with van der Waals surface area (Å²) in [5, 5.41) is 12.5. The minimum absolute atomic E-state index is 0.0106. The fourth-order valence-electron chi connectivity index (χ4n) is 2.60. The number of nitrogens with one attached hydrogen (secondary N) is 1. The van der Waals surface area contributed by atoms with E-state index in [1.165, 1.54) is 18.7 Å². The van der Waals surface area contributed by atoms with E-state index in [2.05, 4.69) is 5.32 Å². The van der Waals surface area contributed by atoms with Crippen molar-refractivity contribution in [2.45, 2.75) is 32.9 Å². The first kappa shape index (κ1) is 18.3. The largest absolute Gasteiger partial charge is 0.491 e. The Morgan fingerprint density at radius 3 is 2.36 bits per heavy atom. The average Bonchev–Trinajstić information content (AvgIpc) is 2.58. The van der Waals surface area contributed by atoms with Crippen LogP contribution in [0.15, 0.2) is 33.9 Å². The molecule has 25 heavy (non-hydrogen) atoms. The fraction of sp³-hybridized carbons (Fsp3) is 0.389. The van der Waals surface area contributed by atoms with Gasteiger partial charge in [0.2, 0.25) is 0 Å². The second-order valence-electron chi connectivity index (χ2n) is 6.11. The Bertz CT molecular complexity index is 935. The number of hydrogen-bond acceptors (Lipinski definition) is 5. The van der Waals surface area contributed by atoms with Crippen molar-refractivity contribution in [1.29, 1.82) is 5.26 Å². The van der Waals surface area contributed by atoms with Gasteiger partial charge in [0.05, 0.1) is 12.1 Å². The third kappa shape index (κ3) is 3.58. The third-order valence-electron chi connectivity index (χ3n) is 3.88. The second-order valence-corrected chi connectivity index (χ2v) is 6.11. The lowest BCUT2D eigenvalue weighted by molar-refractivity contribution is 0.239. The average molecular weight is 342 g/mol. The van der Waals surface area contributed by atoms with Gasteiger partial charge in [0.1, 0.15) is 17.6 Å². The lowest BCUT2D eigenvalue weighted by Gasteiger charge is -2.22. The summed E-state index contributed by atoms with van der Waals surface area (Å²) in [5.41, 5.74) is -0.343. The number of nitrogens with zero attached hydrogens (tertiary/aromatic N) is 3. The standard InChI is InChI=1S/C18H22N4O3/c1-11(2)25-15-9-7-6-8-13(15)12(3)20-16-14(10-19)17(23)22(5)18(24)21(16)4/h6-9,11-12,20H,1-5H3/t12-/m1/s1. The predicted octanol–water partition coefficient (Wildman–Crippen LogP) is 1.92. The van der Waals surface area contributed by atoms with E-state index in [-0.39, 0.29) is 23.5 Å². The van der Waals surface area contributed by atoms with Gasteiger partial charge in [-0.15, -0.1) is 0 Å². The van der Waals surface area contributed by atoms with E-state index in [0.717, 1.165) is 10.1 Å². The van der Waals surface area contributed by atoms with E-state index >= 15 is 0 Å². The molecule has 1 aromatic heterocycles. The van der Waals surface area contributed by atoms with E-state index in [0.29, 0.717) is 5.75 Å². The zero-order valence-electron chi connectivity index (χ0n) is 15.0. The molecule has 0 spiro atoms. The summed E-state index contributed by atoms with van der Waals surface area (Å²) in [7, 11) is 2.87. The SMILES string of the molecule is CC(C)Oc1ccccc1[C@@H](C)Nc1c(C#N)c(=O)n(C)c(=O)n1C. The monoisotopic (exact) mass is 342 g/mol. The van der Waals surface area contributed by atoms with Crippen LogP contribution in [0.3, 0.4) is 0 Å². The maximum absolute atomic E-state index is 12.2. The summed E-state index contributed by atoms with van der Waals surface area (Å²) < 4.78 is 8.01. The van der Waals surface area contributed by atoms with Gasteiger partial charge in [0.15, 0.2) is 5.56 Å². The summed E-state index contributed by atoms with van der Waals surface area (Å²) >= 11 is 0. The highest BCUT2D eigenvalue weighted by molar-refractivity contribution is 5.53. The number of hydrogen-bond donors (Lipinski definition) is 1. The smallest absolute Gasteiger partial charge is 0.332 e. The van der Waals surface area contributed by atoms with Crippen molar-refractivity contribution in [2.24, 2.45) is 14.1 Å². The van der Waals surface area contributed by atoms with E-state index in [4.69, 9.17) is 4.74 Å². The number of para-hydroxylation sites is 1. The molecule has 132 valence electrons. The zero-order chi connectivity index (χ0) is 18.7. The van der Waals surface area contributed by atoms with Crippen LogP contribution in [0.5, 0.6) is 5.75 Å². The zero-order valence-corrected chi connectivity index (χ0v) is 15.0. The van der Waals surface area contributed by atoms with Gasteiger partial charge < -0.3 is 10.1 Å². The quantitative estimate of drug-likeness (QED) is 0.897. The van der Waals surface area contributed by atoms with Crippen LogP contribution in [0.2, 0.25) is 0 Å². The molecule has 0 fully saturated rings. The van der Waals surface area contributed by atoms with Crippen LogP contribution in [0.25, 0.3) is 0 Å². The molecule has 1 atom stereocenters. The van der Waals surface area contributed by atoms with Crippen molar-refractivity contribution in [2.75, 3.05) is 5.32 Å². The molecule has 0 saturated carbocycles. The molecule has 0 unspecified atom stereocenters. The first-order chi connectivity index (χ1) is 11.8. The Balaban J connectivity index is 2.50. The second kappa shape index (κ2) is 7.26. The minimum atomic E-state index is -0.619. The van der Waals surface area contributed by atoms with E-state index in [1.54, 1.807) is 0 Å². The van der Waals surface area contributed by atoms with Crippen LogP contribution in [0.4, 0.5) is 5.82 Å². The van der Waals surface area contributed by atoms with Crippen molar-refractivity contribution in [3.8, 4) is 11.8 Å². The van der Waals surface area contributed by atoms with Gasteiger partial charge in [-0.1, -0.05) is 18.2 Å². The summed E-state index contributed by atoms with van der Waals surface area (Å²) in [4.78, 5) is 24.3. The molecule has 7 heteroatoms. The number of aromatic nitrogens is 2. The summed E-state index contributed by atoms with van der Waals surface area (Å²) in [6.45, 7) is 5.76. The Morgan fingerprint density at radius 1 is 1.12 bits per heavy atom. The van der Waals surface area contributed by atoms with E-state index in [9.17, 15) is 14.9 Å². The highest BCUT2D eigenvalue weighted by atomic mass is 16.5. The molecular weight excluding hydrogens is 320 g/mol. The maximum atomic E-state index is 12.2. The molecule has 0 aliphatic carbocycles. The van der Waals surface area contributed by atoms with Crippen LogP contribution in [0, 0.1) is 11.3 Å². The molecule has 1 N–H and O–H groups in total. The van der Waals surface area contributed by atoms with Gasteiger partial charge >= 0.3 is 5.69 Å². The van der Waals surface area contributed by atoms with Crippen LogP contribution in [0.1, 0.15) is 37.9 Å². The lowest BCUT2D eigenvalue weighted by Crippen LogP contribution is -2.40. The van der Waals surface area contributed by atoms with Crippen molar-refractivity contribution >= 4 is 5.82 Å². The van der Waals surface area contributed by atoms with Gasteiger partial charge in [0, 0.05) is 19.7 Å². The van der Waals surface area contributed by atoms with Crippen molar-refractivity contribution in [3.05, 3.63) is 56.2 Å². The molecule has 2 aromatic rings. The van der Waals surface area contributed by atoms with Gasteiger partial charge in [-0.3, -0.25) is 13.9 Å². The molecule has 0 saturated heterocycles. The molecule has 2 rings (SSSR count). The Morgan fingerprint density at radius 2 is 1.76 bits per heavy atom. The molecule has 0 aliphatic rings. The number of rotatable bonds is 5. The molecule has 0 amide bonds. The van der Waals surface area contributed by atoms with Crippen LogP contribution in [-0.4, -0.2) is 15.2 Å². The molecule has 0 radical (unpaired) electrons. The molecular formula is C18H22N4O3. The van der Waals surface area contributed by atoms with Crippen molar-refractivity contribution in [1.82, 2.24) is 9.13 Å². The fourth-order valence-corrected chi connectivity index (χ4v) is 2.60. The number of ether oxygens (including phenoxy) is 1. The van der Waals surface area contributed by atoms with Gasteiger partial charge in [-0.05, 0) is 26.8 Å². The molecule has 0 aliphatic heterocycles. The molecule has 1 aromatic carbocycles. The van der Waals surface area contributed by atoms with E-state index < -0.39 is 11.2 Å². The highest BCUT2D eigenvalue weighted by Crippen LogP contribution is 2.28. The lowest BCUT2D eigenvalue weighted by atomic mass is 10.1. The topological polar surface area (TPSA) is 89.1 Å². The van der Waals surface area contributed by atoms with E-state index in [1.807, 2.05) is 51.1 Å².